The minimum atomic E-state index is -0.386. The molecule has 1 fully saturated rings. The van der Waals surface area contributed by atoms with E-state index in [2.05, 4.69) is 21.2 Å². The maximum atomic E-state index is 12.9. The quantitative estimate of drug-likeness (QED) is 0.928. The topological polar surface area (TPSA) is 38.3 Å². The molecule has 92 valence electrons. The van der Waals surface area contributed by atoms with Crippen molar-refractivity contribution < 1.29 is 13.9 Å². The number of nitrogens with one attached hydrogen (secondary N) is 1. The van der Waals surface area contributed by atoms with Crippen LogP contribution in [0.4, 0.5) is 4.39 Å². The molecule has 1 N–H and O–H groups in total. The van der Waals surface area contributed by atoms with E-state index in [1.54, 1.807) is 6.07 Å². The van der Waals surface area contributed by atoms with Crippen LogP contribution in [0, 0.1) is 5.82 Å². The summed E-state index contributed by atoms with van der Waals surface area (Å²) in [6, 6.07) is 4.42. The summed E-state index contributed by atoms with van der Waals surface area (Å²) >= 11 is 3.23. The first-order chi connectivity index (χ1) is 8.15. The second-order valence-electron chi connectivity index (χ2n) is 4.06. The molecule has 1 aliphatic rings. The molecule has 1 amide bonds. The lowest BCUT2D eigenvalue weighted by Gasteiger charge is -2.26. The first-order valence-electron chi connectivity index (χ1n) is 5.52. The second kappa shape index (κ2) is 5.49. The zero-order chi connectivity index (χ0) is 12.3. The number of hydrogen-bond acceptors (Lipinski definition) is 2. The Kier molecular flexibility index (Phi) is 3.99. The summed E-state index contributed by atoms with van der Waals surface area (Å²) in [5, 5.41) is 2.85. The Balaban J connectivity index is 1.83. The van der Waals surface area contributed by atoms with Crippen molar-refractivity contribution in [1.82, 2.24) is 5.32 Å². The number of carbonyl (C=O) groups is 1. The number of carbonyl (C=O) groups excluding carboxylic acids is 1. The summed E-state index contributed by atoms with van der Waals surface area (Å²) in [5.41, 5.74) is 0. The Bertz CT molecular complexity index is 421. The maximum absolute atomic E-state index is 12.9. The van der Waals surface area contributed by atoms with Crippen LogP contribution < -0.4 is 10.1 Å². The summed E-state index contributed by atoms with van der Waals surface area (Å²) in [7, 11) is 0. The molecule has 1 saturated carbocycles. The van der Waals surface area contributed by atoms with Gasteiger partial charge in [0.1, 0.15) is 11.6 Å². The monoisotopic (exact) mass is 301 g/mol. The van der Waals surface area contributed by atoms with Crippen LogP contribution >= 0.6 is 15.9 Å². The Morgan fingerprint density at radius 3 is 2.94 bits per heavy atom. The lowest BCUT2D eigenvalue weighted by Crippen LogP contribution is -2.41. The molecule has 0 aliphatic heterocycles. The van der Waals surface area contributed by atoms with Crippen LogP contribution in [0.15, 0.2) is 22.7 Å². The van der Waals surface area contributed by atoms with Crippen LogP contribution in [0.1, 0.15) is 19.3 Å². The third kappa shape index (κ3) is 3.43. The van der Waals surface area contributed by atoms with Gasteiger partial charge in [0.05, 0.1) is 4.47 Å². The van der Waals surface area contributed by atoms with Gasteiger partial charge in [-0.25, -0.2) is 4.39 Å². The zero-order valence-corrected chi connectivity index (χ0v) is 10.8. The molecule has 0 saturated heterocycles. The van der Waals surface area contributed by atoms with Crippen LogP contribution in [-0.4, -0.2) is 18.6 Å². The number of amides is 1. The van der Waals surface area contributed by atoms with Crippen molar-refractivity contribution >= 4 is 21.8 Å². The highest BCUT2D eigenvalue weighted by molar-refractivity contribution is 9.10. The molecular weight excluding hydrogens is 289 g/mol. The molecule has 0 aromatic heterocycles. The Labute approximate surface area is 107 Å². The molecule has 0 atom stereocenters. The van der Waals surface area contributed by atoms with Crippen molar-refractivity contribution in [2.24, 2.45) is 0 Å². The molecule has 1 aliphatic carbocycles. The molecule has 5 heteroatoms. The van der Waals surface area contributed by atoms with Crippen LogP contribution in [0.5, 0.6) is 5.75 Å². The van der Waals surface area contributed by atoms with E-state index in [4.69, 9.17) is 4.74 Å². The average molecular weight is 302 g/mol. The Morgan fingerprint density at radius 2 is 2.29 bits per heavy atom. The standard InChI is InChI=1S/C12H13BrFNO2/c13-10-5-4-8(14)6-11(10)17-7-12(16)15-9-2-1-3-9/h4-6,9H,1-3,7H2,(H,15,16). The number of rotatable bonds is 4. The third-order valence-corrected chi connectivity index (χ3v) is 3.38. The zero-order valence-electron chi connectivity index (χ0n) is 9.21. The molecular formula is C12H13BrFNO2. The van der Waals surface area contributed by atoms with Crippen molar-refractivity contribution in [2.45, 2.75) is 25.3 Å². The van der Waals surface area contributed by atoms with Gasteiger partial charge in [-0.2, -0.15) is 0 Å². The normalized spacial score (nSPS) is 15.2. The van der Waals surface area contributed by atoms with Crippen LogP contribution in [0.25, 0.3) is 0 Å². The molecule has 0 bridgehead atoms. The van der Waals surface area contributed by atoms with E-state index in [0.717, 1.165) is 12.8 Å². The highest BCUT2D eigenvalue weighted by atomic mass is 79.9. The third-order valence-electron chi connectivity index (χ3n) is 2.72. The number of hydrogen-bond donors (Lipinski definition) is 1. The van der Waals surface area contributed by atoms with E-state index >= 15 is 0 Å². The molecule has 0 unspecified atom stereocenters. The smallest absolute Gasteiger partial charge is 0.258 e. The fourth-order valence-corrected chi connectivity index (χ4v) is 1.91. The van der Waals surface area contributed by atoms with Gasteiger partial charge in [0, 0.05) is 12.1 Å². The van der Waals surface area contributed by atoms with Crippen LogP contribution in [0.3, 0.4) is 0 Å². The van der Waals surface area contributed by atoms with Gasteiger partial charge in [0.25, 0.3) is 5.91 Å². The minimum absolute atomic E-state index is 0.0848. The number of ether oxygens (including phenoxy) is 1. The van der Waals surface area contributed by atoms with Crippen molar-refractivity contribution in [2.75, 3.05) is 6.61 Å². The first-order valence-corrected chi connectivity index (χ1v) is 6.31. The fraction of sp³-hybridized carbons (Fsp3) is 0.417. The van der Waals surface area contributed by atoms with Gasteiger partial charge in [0.2, 0.25) is 0 Å². The van der Waals surface area contributed by atoms with E-state index in [1.165, 1.54) is 18.6 Å². The molecule has 0 radical (unpaired) electrons. The van der Waals surface area contributed by atoms with Gasteiger partial charge in [-0.15, -0.1) is 0 Å². The molecule has 1 aromatic rings. The molecule has 0 heterocycles. The van der Waals surface area contributed by atoms with E-state index < -0.39 is 0 Å². The predicted molar refractivity (Wildman–Crippen MR) is 65.4 cm³/mol. The Morgan fingerprint density at radius 1 is 1.53 bits per heavy atom. The van der Waals surface area contributed by atoms with Crippen LogP contribution in [0.2, 0.25) is 0 Å². The fourth-order valence-electron chi connectivity index (χ4n) is 1.55. The Hall–Kier alpha value is -1.10. The van der Waals surface area contributed by atoms with Crippen molar-refractivity contribution in [3.63, 3.8) is 0 Å². The molecule has 3 nitrogen and oxygen atoms in total. The number of benzene rings is 1. The van der Waals surface area contributed by atoms with Gasteiger partial charge >= 0.3 is 0 Å². The van der Waals surface area contributed by atoms with Gasteiger partial charge < -0.3 is 10.1 Å². The molecule has 0 spiro atoms. The van der Waals surface area contributed by atoms with E-state index in [0.29, 0.717) is 16.3 Å². The van der Waals surface area contributed by atoms with Crippen molar-refractivity contribution in [3.8, 4) is 5.75 Å². The second-order valence-corrected chi connectivity index (χ2v) is 4.91. The summed E-state index contributed by atoms with van der Waals surface area (Å²) in [6.45, 7) is -0.0848. The van der Waals surface area contributed by atoms with Gasteiger partial charge in [-0.05, 0) is 47.3 Å². The lowest BCUT2D eigenvalue weighted by molar-refractivity contribution is -0.124. The number of halogens is 2. The van der Waals surface area contributed by atoms with Crippen molar-refractivity contribution in [3.05, 3.63) is 28.5 Å². The van der Waals surface area contributed by atoms with E-state index in [-0.39, 0.29) is 18.3 Å². The largest absolute Gasteiger partial charge is 0.482 e. The highest BCUT2D eigenvalue weighted by Crippen LogP contribution is 2.25. The highest BCUT2D eigenvalue weighted by Gasteiger charge is 2.19. The lowest BCUT2D eigenvalue weighted by atomic mass is 9.93. The van der Waals surface area contributed by atoms with Gasteiger partial charge in [0.15, 0.2) is 6.61 Å². The maximum Gasteiger partial charge on any atom is 0.258 e. The van der Waals surface area contributed by atoms with Crippen molar-refractivity contribution in [1.29, 1.82) is 0 Å². The summed E-state index contributed by atoms with van der Waals surface area (Å²) < 4.78 is 18.8. The molecule has 2 rings (SSSR count). The molecule has 1 aromatic carbocycles. The summed E-state index contributed by atoms with van der Waals surface area (Å²) in [4.78, 5) is 11.5. The van der Waals surface area contributed by atoms with Gasteiger partial charge in [-0.1, -0.05) is 0 Å². The summed E-state index contributed by atoms with van der Waals surface area (Å²) in [6.07, 6.45) is 3.24. The minimum Gasteiger partial charge on any atom is -0.482 e. The average Bonchev–Trinajstić information content (AvgIpc) is 2.25. The van der Waals surface area contributed by atoms with Crippen LogP contribution in [-0.2, 0) is 4.79 Å². The van der Waals surface area contributed by atoms with E-state index in [1.807, 2.05) is 0 Å². The van der Waals surface area contributed by atoms with E-state index in [9.17, 15) is 9.18 Å². The first kappa shape index (κ1) is 12.4. The SMILES string of the molecule is O=C(COc1cc(F)ccc1Br)NC1CCC1. The van der Waals surface area contributed by atoms with Gasteiger partial charge in [-0.3, -0.25) is 4.79 Å². The molecule has 17 heavy (non-hydrogen) atoms. The summed E-state index contributed by atoms with van der Waals surface area (Å²) in [5.74, 6) is -0.206. The predicted octanol–water partition coefficient (Wildman–Crippen LogP) is 2.64.